The number of benzene rings is 2. The van der Waals surface area contributed by atoms with E-state index < -0.39 is 0 Å². The predicted octanol–water partition coefficient (Wildman–Crippen LogP) is 5.38. The molecule has 0 bridgehead atoms. The maximum absolute atomic E-state index is 6.14. The van der Waals surface area contributed by atoms with Crippen LogP contribution in [-0.2, 0) is 15.6 Å². The first-order valence-electron chi connectivity index (χ1n) is 11.1. The normalized spacial score (nSPS) is 23.9. The average molecular weight is 393 g/mol. The molecule has 2 aromatic carbocycles. The molecule has 0 spiro atoms. The van der Waals surface area contributed by atoms with Crippen molar-refractivity contribution >= 4 is 11.4 Å². The summed E-state index contributed by atoms with van der Waals surface area (Å²) in [4.78, 5) is 5.04. The molecule has 29 heavy (non-hydrogen) atoms. The Balaban J connectivity index is 1.34. The van der Waals surface area contributed by atoms with Crippen LogP contribution in [0.3, 0.4) is 0 Å². The van der Waals surface area contributed by atoms with E-state index in [0.29, 0.717) is 12.1 Å². The lowest BCUT2D eigenvalue weighted by Gasteiger charge is -2.32. The van der Waals surface area contributed by atoms with Crippen LogP contribution < -0.4 is 9.80 Å². The van der Waals surface area contributed by atoms with Crippen LogP contribution in [0.15, 0.2) is 48.5 Å². The molecule has 156 valence electrons. The van der Waals surface area contributed by atoms with Crippen LogP contribution in [0.4, 0.5) is 11.4 Å². The topological polar surface area (TPSA) is 15.7 Å². The zero-order chi connectivity index (χ0) is 20.8. The lowest BCUT2D eigenvalue weighted by Crippen LogP contribution is -2.42. The highest BCUT2D eigenvalue weighted by molar-refractivity contribution is 5.64. The molecule has 0 saturated heterocycles. The maximum atomic E-state index is 6.14. The van der Waals surface area contributed by atoms with Crippen molar-refractivity contribution in [3.05, 3.63) is 59.7 Å². The van der Waals surface area contributed by atoms with Gasteiger partial charge in [0, 0.05) is 47.4 Å². The number of para-hydroxylation sites is 2. The molecule has 0 aliphatic carbocycles. The van der Waals surface area contributed by atoms with E-state index in [1.165, 1.54) is 22.5 Å². The molecule has 0 saturated carbocycles. The van der Waals surface area contributed by atoms with Gasteiger partial charge in [-0.2, -0.15) is 0 Å². The summed E-state index contributed by atoms with van der Waals surface area (Å²) < 4.78 is 6.14. The van der Waals surface area contributed by atoms with E-state index in [9.17, 15) is 0 Å². The molecular formula is C26H36N2O. The van der Waals surface area contributed by atoms with Gasteiger partial charge < -0.3 is 14.5 Å². The van der Waals surface area contributed by atoms with E-state index >= 15 is 0 Å². The van der Waals surface area contributed by atoms with Gasteiger partial charge in [0.1, 0.15) is 0 Å². The summed E-state index contributed by atoms with van der Waals surface area (Å²) in [5.74, 6) is 0. The first kappa shape index (κ1) is 20.3. The molecule has 3 nitrogen and oxygen atoms in total. The van der Waals surface area contributed by atoms with Gasteiger partial charge in [-0.05, 0) is 37.1 Å². The number of anilines is 2. The van der Waals surface area contributed by atoms with Crippen LogP contribution in [0.5, 0.6) is 0 Å². The van der Waals surface area contributed by atoms with Crippen molar-refractivity contribution in [2.45, 2.75) is 64.5 Å². The lowest BCUT2D eigenvalue weighted by atomic mass is 9.81. The van der Waals surface area contributed by atoms with Gasteiger partial charge in [0.25, 0.3) is 0 Å². The standard InChI is InChI=1S/C26H36N2O/c1-19-25(3,4)21-11-7-9-13-23(21)27(19)15-17-29-18-16-28-20(2)26(5,6)22-12-8-10-14-24(22)28/h7-14,19-20H,15-18H2,1-6H3/t19-,20+. The van der Waals surface area contributed by atoms with E-state index in [0.717, 1.165) is 26.3 Å². The highest BCUT2D eigenvalue weighted by atomic mass is 16.5. The Hall–Kier alpha value is -2.00. The highest BCUT2D eigenvalue weighted by Crippen LogP contribution is 2.45. The van der Waals surface area contributed by atoms with Gasteiger partial charge >= 0.3 is 0 Å². The molecule has 2 aliphatic rings. The average Bonchev–Trinajstić information content (AvgIpc) is 3.02. The highest BCUT2D eigenvalue weighted by Gasteiger charge is 2.42. The van der Waals surface area contributed by atoms with Crippen LogP contribution in [0, 0.1) is 0 Å². The molecule has 4 rings (SSSR count). The Labute approximate surface area is 176 Å². The van der Waals surface area contributed by atoms with E-state index in [1.54, 1.807) is 0 Å². The number of hydrogen-bond acceptors (Lipinski definition) is 3. The molecule has 2 heterocycles. The molecular weight excluding hydrogens is 356 g/mol. The first-order valence-corrected chi connectivity index (χ1v) is 11.1. The molecule has 0 amide bonds. The molecule has 2 aromatic rings. The Morgan fingerprint density at radius 1 is 0.690 bits per heavy atom. The summed E-state index contributed by atoms with van der Waals surface area (Å²) in [5, 5.41) is 0. The quantitative estimate of drug-likeness (QED) is 0.614. The predicted molar refractivity (Wildman–Crippen MR) is 123 cm³/mol. The van der Waals surface area contributed by atoms with Gasteiger partial charge in [0.2, 0.25) is 0 Å². The third-order valence-electron chi connectivity index (χ3n) is 7.79. The maximum Gasteiger partial charge on any atom is 0.0642 e. The Kier molecular flexibility index (Phi) is 5.14. The third-order valence-corrected chi connectivity index (χ3v) is 7.79. The van der Waals surface area contributed by atoms with Crippen molar-refractivity contribution in [2.24, 2.45) is 0 Å². The van der Waals surface area contributed by atoms with Crippen molar-refractivity contribution < 1.29 is 4.74 Å². The largest absolute Gasteiger partial charge is 0.378 e. The fraction of sp³-hybridized carbons (Fsp3) is 0.538. The van der Waals surface area contributed by atoms with Crippen molar-refractivity contribution in [1.82, 2.24) is 0 Å². The summed E-state index contributed by atoms with van der Waals surface area (Å²) in [7, 11) is 0. The fourth-order valence-corrected chi connectivity index (χ4v) is 5.24. The first-order chi connectivity index (χ1) is 13.8. The Bertz CT molecular complexity index is 801. The van der Waals surface area contributed by atoms with Gasteiger partial charge in [0.15, 0.2) is 0 Å². The van der Waals surface area contributed by atoms with Crippen molar-refractivity contribution in [1.29, 1.82) is 0 Å². The lowest BCUT2D eigenvalue weighted by molar-refractivity contribution is 0.142. The molecule has 2 atom stereocenters. The van der Waals surface area contributed by atoms with E-state index in [1.807, 2.05) is 0 Å². The van der Waals surface area contributed by atoms with E-state index in [4.69, 9.17) is 4.74 Å². The zero-order valence-electron chi connectivity index (χ0n) is 18.9. The van der Waals surface area contributed by atoms with Gasteiger partial charge in [0.05, 0.1) is 13.2 Å². The van der Waals surface area contributed by atoms with E-state index in [2.05, 4.69) is 99.9 Å². The second-order valence-electron chi connectivity index (χ2n) is 9.83. The molecule has 2 aliphatic heterocycles. The minimum Gasteiger partial charge on any atom is -0.378 e. The molecule has 0 unspecified atom stereocenters. The van der Waals surface area contributed by atoms with Gasteiger partial charge in [-0.1, -0.05) is 64.1 Å². The number of rotatable bonds is 6. The molecule has 0 radical (unpaired) electrons. The van der Waals surface area contributed by atoms with Gasteiger partial charge in [-0.15, -0.1) is 0 Å². The summed E-state index contributed by atoms with van der Waals surface area (Å²) >= 11 is 0. The molecule has 0 aromatic heterocycles. The van der Waals surface area contributed by atoms with Crippen LogP contribution in [0.25, 0.3) is 0 Å². The smallest absolute Gasteiger partial charge is 0.0642 e. The van der Waals surface area contributed by atoms with Crippen molar-refractivity contribution in [3.8, 4) is 0 Å². The molecule has 0 N–H and O–H groups in total. The van der Waals surface area contributed by atoms with E-state index in [-0.39, 0.29) is 10.8 Å². The van der Waals surface area contributed by atoms with Crippen molar-refractivity contribution in [2.75, 3.05) is 36.1 Å². The van der Waals surface area contributed by atoms with Crippen molar-refractivity contribution in [3.63, 3.8) is 0 Å². The van der Waals surface area contributed by atoms with Crippen LogP contribution in [0.1, 0.15) is 52.7 Å². The third kappa shape index (κ3) is 3.24. The molecule has 3 heteroatoms. The number of hydrogen-bond donors (Lipinski definition) is 0. The summed E-state index contributed by atoms with van der Waals surface area (Å²) in [6.07, 6.45) is 0. The SMILES string of the molecule is C[C@@H]1N(CCOCCN2c3ccccc3C(C)(C)[C@H]2C)c2ccccc2C1(C)C. The number of nitrogens with zero attached hydrogens (tertiary/aromatic N) is 2. The number of fused-ring (bicyclic) bond motifs is 2. The summed E-state index contributed by atoms with van der Waals surface area (Å²) in [6.45, 7) is 17.5. The Morgan fingerprint density at radius 2 is 1.07 bits per heavy atom. The molecule has 0 fully saturated rings. The zero-order valence-corrected chi connectivity index (χ0v) is 18.9. The second kappa shape index (κ2) is 7.36. The second-order valence-corrected chi connectivity index (χ2v) is 9.83. The minimum atomic E-state index is 0.177. The summed E-state index contributed by atoms with van der Waals surface area (Å²) in [5.41, 5.74) is 6.01. The van der Waals surface area contributed by atoms with Crippen LogP contribution in [-0.4, -0.2) is 38.4 Å². The number of ether oxygens (including phenoxy) is 1. The monoisotopic (exact) mass is 392 g/mol. The fourth-order valence-electron chi connectivity index (χ4n) is 5.24. The Morgan fingerprint density at radius 3 is 1.48 bits per heavy atom. The van der Waals surface area contributed by atoms with Gasteiger partial charge in [-0.25, -0.2) is 0 Å². The van der Waals surface area contributed by atoms with Gasteiger partial charge in [-0.3, -0.25) is 0 Å². The minimum absolute atomic E-state index is 0.177. The van der Waals surface area contributed by atoms with Crippen LogP contribution in [0.2, 0.25) is 0 Å². The van der Waals surface area contributed by atoms with Crippen LogP contribution >= 0.6 is 0 Å². The summed E-state index contributed by atoms with van der Waals surface area (Å²) in [6, 6.07) is 18.6.